The summed E-state index contributed by atoms with van der Waals surface area (Å²) in [6, 6.07) is 7.46. The van der Waals surface area contributed by atoms with Crippen molar-refractivity contribution in [1.82, 2.24) is 5.32 Å². The van der Waals surface area contributed by atoms with Gasteiger partial charge in [-0.05, 0) is 38.0 Å². The highest BCUT2D eigenvalue weighted by Crippen LogP contribution is 2.13. The molecule has 0 saturated heterocycles. The van der Waals surface area contributed by atoms with E-state index in [1.54, 1.807) is 12.1 Å². The molecule has 0 aliphatic rings. The van der Waals surface area contributed by atoms with E-state index in [1.807, 2.05) is 19.1 Å². The van der Waals surface area contributed by atoms with Crippen LogP contribution in [0.15, 0.2) is 24.3 Å². The minimum Gasteiger partial charge on any atom is -0.494 e. The van der Waals surface area contributed by atoms with Crippen molar-refractivity contribution in [1.29, 1.82) is 0 Å². The minimum absolute atomic E-state index is 0.0506. The summed E-state index contributed by atoms with van der Waals surface area (Å²) in [5.41, 5.74) is 0.644. The molecule has 0 aromatic heterocycles. The van der Waals surface area contributed by atoms with E-state index < -0.39 is 0 Å². The first-order valence-corrected chi connectivity index (χ1v) is 7.39. The highest BCUT2D eigenvalue weighted by molar-refractivity contribution is 9.09. The predicted molar refractivity (Wildman–Crippen MR) is 77.6 cm³/mol. The van der Waals surface area contributed by atoms with Crippen LogP contribution < -0.4 is 10.1 Å². The Hall–Kier alpha value is -1.03. The number of hydrogen-bond acceptors (Lipinski definition) is 2. The van der Waals surface area contributed by atoms with Crippen LogP contribution in [0.5, 0.6) is 5.75 Å². The van der Waals surface area contributed by atoms with E-state index in [4.69, 9.17) is 4.74 Å². The molecule has 100 valence electrons. The molecule has 3 nitrogen and oxygen atoms in total. The lowest BCUT2D eigenvalue weighted by Gasteiger charge is -2.13. The average Bonchev–Trinajstić information content (AvgIpc) is 2.37. The van der Waals surface area contributed by atoms with E-state index in [2.05, 4.69) is 28.2 Å². The molecular weight excluding hydrogens is 294 g/mol. The van der Waals surface area contributed by atoms with Crippen LogP contribution in [-0.4, -0.2) is 23.9 Å². The molecule has 1 aromatic rings. The standard InChI is InChI=1S/C14H20BrNO2/c1-3-9-18-13-6-4-5-12(10-13)14(17)16-11(2)7-8-15/h4-6,10-11H,3,7-9H2,1-2H3,(H,16,17). The molecule has 18 heavy (non-hydrogen) atoms. The highest BCUT2D eigenvalue weighted by Gasteiger charge is 2.09. The maximum absolute atomic E-state index is 12.0. The van der Waals surface area contributed by atoms with Crippen LogP contribution in [0, 0.1) is 0 Å². The normalized spacial score (nSPS) is 11.9. The molecular formula is C14H20BrNO2. The van der Waals surface area contributed by atoms with Crippen LogP contribution in [0.25, 0.3) is 0 Å². The molecule has 4 heteroatoms. The van der Waals surface area contributed by atoms with Gasteiger partial charge in [0.1, 0.15) is 5.75 Å². The van der Waals surface area contributed by atoms with E-state index in [-0.39, 0.29) is 11.9 Å². The summed E-state index contributed by atoms with van der Waals surface area (Å²) in [5, 5.41) is 3.84. The maximum Gasteiger partial charge on any atom is 0.251 e. The largest absolute Gasteiger partial charge is 0.494 e. The Labute approximate surface area is 117 Å². The number of alkyl halides is 1. The lowest BCUT2D eigenvalue weighted by molar-refractivity contribution is 0.0939. The summed E-state index contributed by atoms with van der Waals surface area (Å²) in [4.78, 5) is 12.0. The van der Waals surface area contributed by atoms with Crippen molar-refractivity contribution in [3.05, 3.63) is 29.8 Å². The lowest BCUT2D eigenvalue weighted by atomic mass is 10.1. The second-order valence-electron chi connectivity index (χ2n) is 4.23. The summed E-state index contributed by atoms with van der Waals surface area (Å²) in [7, 11) is 0. The van der Waals surface area contributed by atoms with Gasteiger partial charge in [-0.1, -0.05) is 28.9 Å². The number of benzene rings is 1. The number of rotatable bonds is 7. The SMILES string of the molecule is CCCOc1cccc(C(=O)NC(C)CCBr)c1. The van der Waals surface area contributed by atoms with Gasteiger partial charge in [-0.3, -0.25) is 4.79 Å². The van der Waals surface area contributed by atoms with Gasteiger partial charge in [0.05, 0.1) is 6.61 Å². The van der Waals surface area contributed by atoms with Gasteiger partial charge in [-0.25, -0.2) is 0 Å². The number of carbonyl (C=O) groups is 1. The zero-order chi connectivity index (χ0) is 13.4. The summed E-state index contributed by atoms with van der Waals surface area (Å²) < 4.78 is 5.51. The van der Waals surface area contributed by atoms with Crippen molar-refractivity contribution in [3.8, 4) is 5.75 Å². The second-order valence-corrected chi connectivity index (χ2v) is 5.02. The van der Waals surface area contributed by atoms with Crippen LogP contribution in [-0.2, 0) is 0 Å². The van der Waals surface area contributed by atoms with Crippen molar-refractivity contribution in [2.75, 3.05) is 11.9 Å². The minimum atomic E-state index is -0.0506. The number of halogens is 1. The first-order chi connectivity index (χ1) is 8.67. The topological polar surface area (TPSA) is 38.3 Å². The summed E-state index contributed by atoms with van der Waals surface area (Å²) >= 11 is 3.36. The molecule has 0 aliphatic heterocycles. The molecule has 1 N–H and O–H groups in total. The fourth-order valence-corrected chi connectivity index (χ4v) is 2.18. The van der Waals surface area contributed by atoms with Gasteiger partial charge in [0, 0.05) is 16.9 Å². The third-order valence-electron chi connectivity index (χ3n) is 2.49. The first-order valence-electron chi connectivity index (χ1n) is 6.27. The van der Waals surface area contributed by atoms with Crippen LogP contribution in [0.3, 0.4) is 0 Å². The van der Waals surface area contributed by atoms with Gasteiger partial charge in [0.15, 0.2) is 0 Å². The van der Waals surface area contributed by atoms with Crippen molar-refractivity contribution in [2.24, 2.45) is 0 Å². The monoisotopic (exact) mass is 313 g/mol. The Morgan fingerprint density at radius 2 is 2.28 bits per heavy atom. The van der Waals surface area contributed by atoms with Crippen LogP contribution >= 0.6 is 15.9 Å². The fourth-order valence-electron chi connectivity index (χ4n) is 1.49. The Morgan fingerprint density at radius 3 is 2.94 bits per heavy atom. The van der Waals surface area contributed by atoms with Gasteiger partial charge < -0.3 is 10.1 Å². The Morgan fingerprint density at radius 1 is 1.50 bits per heavy atom. The lowest BCUT2D eigenvalue weighted by Crippen LogP contribution is -2.32. The van der Waals surface area contributed by atoms with Gasteiger partial charge in [0.2, 0.25) is 0 Å². The van der Waals surface area contributed by atoms with Gasteiger partial charge in [-0.15, -0.1) is 0 Å². The molecule has 1 rings (SSSR count). The predicted octanol–water partition coefficient (Wildman–Crippen LogP) is 3.38. The Kier molecular flexibility index (Phi) is 6.80. The molecule has 0 heterocycles. The van der Waals surface area contributed by atoms with E-state index in [0.717, 1.165) is 23.9 Å². The quantitative estimate of drug-likeness (QED) is 0.784. The van der Waals surface area contributed by atoms with Gasteiger partial charge in [-0.2, -0.15) is 0 Å². The fraction of sp³-hybridized carbons (Fsp3) is 0.500. The average molecular weight is 314 g/mol. The van der Waals surface area contributed by atoms with Gasteiger partial charge in [0.25, 0.3) is 5.91 Å². The van der Waals surface area contributed by atoms with Crippen LogP contribution in [0.1, 0.15) is 37.0 Å². The number of nitrogens with one attached hydrogen (secondary N) is 1. The van der Waals surface area contributed by atoms with Gasteiger partial charge >= 0.3 is 0 Å². The Bertz CT molecular complexity index is 382. The highest BCUT2D eigenvalue weighted by atomic mass is 79.9. The van der Waals surface area contributed by atoms with E-state index in [1.165, 1.54) is 0 Å². The van der Waals surface area contributed by atoms with Crippen molar-refractivity contribution < 1.29 is 9.53 Å². The second kappa shape index (κ2) is 8.14. The summed E-state index contributed by atoms with van der Waals surface area (Å²) in [6.45, 7) is 4.72. The number of carbonyl (C=O) groups excluding carboxylic acids is 1. The Balaban J connectivity index is 2.62. The molecule has 0 saturated carbocycles. The van der Waals surface area contributed by atoms with E-state index in [0.29, 0.717) is 12.2 Å². The first kappa shape index (κ1) is 15.0. The zero-order valence-corrected chi connectivity index (χ0v) is 12.5. The molecule has 0 bridgehead atoms. The molecule has 0 aliphatic carbocycles. The van der Waals surface area contributed by atoms with Crippen molar-refractivity contribution in [3.63, 3.8) is 0 Å². The number of hydrogen-bond donors (Lipinski definition) is 1. The molecule has 0 spiro atoms. The number of ether oxygens (including phenoxy) is 1. The number of amides is 1. The van der Waals surface area contributed by atoms with Crippen LogP contribution in [0.4, 0.5) is 0 Å². The summed E-state index contributed by atoms with van der Waals surface area (Å²) in [6.07, 6.45) is 1.87. The maximum atomic E-state index is 12.0. The van der Waals surface area contributed by atoms with Crippen molar-refractivity contribution >= 4 is 21.8 Å². The van der Waals surface area contributed by atoms with E-state index in [9.17, 15) is 4.79 Å². The molecule has 1 unspecified atom stereocenters. The molecule has 1 atom stereocenters. The smallest absolute Gasteiger partial charge is 0.251 e. The molecule has 0 radical (unpaired) electrons. The summed E-state index contributed by atoms with van der Waals surface area (Å²) in [5.74, 6) is 0.697. The molecule has 0 fully saturated rings. The van der Waals surface area contributed by atoms with E-state index >= 15 is 0 Å². The third-order valence-corrected chi connectivity index (χ3v) is 2.95. The molecule has 1 amide bonds. The van der Waals surface area contributed by atoms with Crippen molar-refractivity contribution in [2.45, 2.75) is 32.7 Å². The third kappa shape index (κ3) is 5.08. The zero-order valence-electron chi connectivity index (χ0n) is 10.9. The molecule has 1 aromatic carbocycles. The van der Waals surface area contributed by atoms with Crippen LogP contribution in [0.2, 0.25) is 0 Å².